The molecule has 0 aromatic heterocycles. The first-order valence-corrected chi connectivity index (χ1v) is 28.4. The molecule has 4 aliphatic carbocycles. The Hall–Kier alpha value is -9.88. The summed E-state index contributed by atoms with van der Waals surface area (Å²) in [6.45, 7) is 0. The normalized spacial score (nSPS) is 17.4. The molecule has 0 spiro atoms. The molecule has 338 valence electrons. The molecule has 0 radical (unpaired) electrons. The van der Waals surface area contributed by atoms with Crippen molar-refractivity contribution in [3.05, 3.63) is 161 Å². The van der Waals surface area contributed by atoms with E-state index >= 15 is 0 Å². The lowest BCUT2D eigenvalue weighted by Gasteiger charge is -2.40. The van der Waals surface area contributed by atoms with Crippen LogP contribution in [0.5, 0.6) is 0 Å². The zero-order valence-electron chi connectivity index (χ0n) is 41.1. The molecule has 0 heteroatoms. The molecule has 0 aliphatic heterocycles. The van der Waals surface area contributed by atoms with Gasteiger partial charge in [0.25, 0.3) is 0 Å². The molecule has 24 aromatic carbocycles. The fourth-order valence-electron chi connectivity index (χ4n) is 21.5. The predicted octanol–water partition coefficient (Wildman–Crippen LogP) is 21.8. The maximum atomic E-state index is 2.64. The molecule has 1 atom stereocenters. The van der Waals surface area contributed by atoms with Gasteiger partial charge >= 0.3 is 0 Å². The van der Waals surface area contributed by atoms with E-state index in [-0.39, 0.29) is 5.92 Å². The van der Waals surface area contributed by atoms with E-state index in [0.29, 0.717) is 0 Å². The van der Waals surface area contributed by atoms with E-state index < -0.39 is 0 Å². The van der Waals surface area contributed by atoms with Gasteiger partial charge in [0, 0.05) is 5.92 Å². The Morgan fingerprint density at radius 3 is 1.35 bits per heavy atom. The van der Waals surface area contributed by atoms with Crippen LogP contribution in [0.1, 0.15) is 33.7 Å². The van der Waals surface area contributed by atoms with Gasteiger partial charge in [-0.2, -0.15) is 0 Å². The Bertz CT molecular complexity index is 7310. The molecule has 0 bridgehead atoms. The molecule has 0 heterocycles. The van der Waals surface area contributed by atoms with Crippen LogP contribution in [0, 0.1) is 0 Å². The molecule has 24 aromatic rings. The third-order valence-electron chi connectivity index (χ3n) is 23.3. The minimum Gasteiger partial charge on any atom is -0.0795 e. The van der Waals surface area contributed by atoms with Crippen molar-refractivity contribution >= 4 is 265 Å². The number of hydrogen-bond donors (Lipinski definition) is 0. The summed E-state index contributed by atoms with van der Waals surface area (Å²) >= 11 is 0. The summed E-state index contributed by atoms with van der Waals surface area (Å²) in [6, 6.07) is 42.9. The lowest BCUT2D eigenvalue weighted by Crippen LogP contribution is -2.17. The quantitative estimate of drug-likeness (QED) is 0.105. The van der Waals surface area contributed by atoms with E-state index in [1.54, 1.807) is 21.7 Å². The Balaban J connectivity index is 1.13. The van der Waals surface area contributed by atoms with E-state index in [4.69, 9.17) is 0 Å². The zero-order chi connectivity index (χ0) is 48.1. The average Bonchev–Trinajstić information content (AvgIpc) is 1.07. The SMILES string of the molecule is C1=CC2=Cc3cc4cc5cc6cccc7c8ccc9c%10c%11c(cc%12cc%13cc%14cc%15cccc%16c%17ccc%18c%19c%20c(c3c3c4c4c5c(c67)c5c8c9c6c%11c%12c7c%13c8c%14c(c%15%16)c(c%17%19)c9c%20c3c3c4c5c6c7c3c89)C2C%18=C1)C=CC%10. The summed E-state index contributed by atoms with van der Waals surface area (Å²) in [4.78, 5) is 0. The van der Waals surface area contributed by atoms with Crippen LogP contribution in [0.25, 0.3) is 265 Å². The maximum Gasteiger partial charge on any atom is 0.0359 e. The summed E-state index contributed by atoms with van der Waals surface area (Å²) in [6.07, 6.45) is 15.8. The molecule has 28 rings (SSSR count). The van der Waals surface area contributed by atoms with Crippen LogP contribution >= 0.6 is 0 Å². The third kappa shape index (κ3) is 2.67. The van der Waals surface area contributed by atoms with Gasteiger partial charge in [0.2, 0.25) is 0 Å². The van der Waals surface area contributed by atoms with Gasteiger partial charge in [0.15, 0.2) is 0 Å². The zero-order valence-corrected chi connectivity index (χ0v) is 41.1. The van der Waals surface area contributed by atoms with Gasteiger partial charge in [0.05, 0.1) is 0 Å². The second kappa shape index (κ2) is 9.46. The highest BCUT2D eigenvalue weighted by Crippen LogP contribution is 2.71. The fraction of sp³-hybridized carbons (Fsp3) is 0.0256. The van der Waals surface area contributed by atoms with Crippen molar-refractivity contribution in [1.82, 2.24) is 0 Å². The molecule has 4 aliphatic rings. The van der Waals surface area contributed by atoms with Crippen molar-refractivity contribution in [2.24, 2.45) is 0 Å². The Kier molecular flexibility index (Phi) is 4.11. The van der Waals surface area contributed by atoms with Crippen LogP contribution in [-0.4, -0.2) is 0 Å². The number of rotatable bonds is 0. The standard InChI is InChI=1S/C78H26/c1-5-25-17-29-21-33-22-30-18-27-7-3-11-37-41-15-16-42-38-12-4-8-28-20-32-24-34-23-31-19-26-6-2-10-36-40-14-13-39-35(9-1)43(25)57-47(29)61-51(33)62-49(30)59(45(27)37)67-55(41)56(42)68-60(46(28)38)50(32)64-52(34)63-48(31)58(44(26)36)66-54(40)53(39)65(57)73-69(61)77-71(62)75(67)76(68)72(64)78(77)70(63)74(66)73/h1-11,13-24,43H,12H2. The Labute approximate surface area is 436 Å². The summed E-state index contributed by atoms with van der Waals surface area (Å²) in [5.41, 5.74) is 10.2. The van der Waals surface area contributed by atoms with Crippen molar-refractivity contribution in [1.29, 1.82) is 0 Å². The average molecular weight is 963 g/mol. The second-order valence-corrected chi connectivity index (χ2v) is 25.6. The maximum absolute atomic E-state index is 2.64. The number of fused-ring (bicyclic) bond motifs is 4. The molecule has 0 saturated heterocycles. The Morgan fingerprint density at radius 2 is 0.731 bits per heavy atom. The minimum atomic E-state index is 0.176. The number of hydrogen-bond acceptors (Lipinski definition) is 0. The first kappa shape index (κ1) is 33.9. The summed E-state index contributed by atoms with van der Waals surface area (Å²) in [5.74, 6) is 0.176. The fourth-order valence-corrected chi connectivity index (χ4v) is 21.5. The van der Waals surface area contributed by atoms with E-state index in [9.17, 15) is 0 Å². The van der Waals surface area contributed by atoms with Crippen molar-refractivity contribution in [3.8, 4) is 0 Å². The van der Waals surface area contributed by atoms with Crippen molar-refractivity contribution < 1.29 is 0 Å². The topological polar surface area (TPSA) is 0 Å². The van der Waals surface area contributed by atoms with Crippen LogP contribution in [-0.2, 0) is 6.42 Å². The smallest absolute Gasteiger partial charge is 0.0359 e. The van der Waals surface area contributed by atoms with Crippen LogP contribution in [0.15, 0.2) is 133 Å². The number of allylic oxidation sites excluding steroid dienone is 6. The first-order valence-electron chi connectivity index (χ1n) is 28.4. The molecule has 1 unspecified atom stereocenters. The molecule has 0 nitrogen and oxygen atoms in total. The third-order valence-corrected chi connectivity index (χ3v) is 23.3. The number of benzene rings is 24. The lowest BCUT2D eigenvalue weighted by molar-refractivity contribution is 1.06. The molecular weight excluding hydrogens is 937 g/mol. The van der Waals surface area contributed by atoms with Gasteiger partial charge in [0.1, 0.15) is 0 Å². The molecular formula is C78H26. The highest BCUT2D eigenvalue weighted by molar-refractivity contribution is 6.70. The molecule has 0 amide bonds. The lowest BCUT2D eigenvalue weighted by atomic mass is 9.62. The monoisotopic (exact) mass is 962 g/mol. The van der Waals surface area contributed by atoms with E-state index in [2.05, 4.69) is 140 Å². The van der Waals surface area contributed by atoms with Gasteiger partial charge in [-0.15, -0.1) is 0 Å². The van der Waals surface area contributed by atoms with E-state index in [1.807, 2.05) is 0 Å². The summed E-state index contributed by atoms with van der Waals surface area (Å²) in [5, 5.41) is 68.1. The molecule has 0 fully saturated rings. The van der Waals surface area contributed by atoms with Crippen molar-refractivity contribution in [3.63, 3.8) is 0 Å². The highest BCUT2D eigenvalue weighted by Gasteiger charge is 2.44. The van der Waals surface area contributed by atoms with Crippen molar-refractivity contribution in [2.45, 2.75) is 12.3 Å². The Morgan fingerprint density at radius 1 is 0.295 bits per heavy atom. The highest BCUT2D eigenvalue weighted by atomic mass is 14.5. The largest absolute Gasteiger partial charge is 0.0795 e. The van der Waals surface area contributed by atoms with Gasteiger partial charge in [-0.3, -0.25) is 0 Å². The predicted molar refractivity (Wildman–Crippen MR) is 337 cm³/mol. The summed E-state index contributed by atoms with van der Waals surface area (Å²) in [7, 11) is 0. The van der Waals surface area contributed by atoms with Gasteiger partial charge in [-0.1, -0.05) is 97.1 Å². The minimum absolute atomic E-state index is 0.176. The van der Waals surface area contributed by atoms with Crippen molar-refractivity contribution in [2.75, 3.05) is 0 Å². The van der Waals surface area contributed by atoms with E-state index in [0.717, 1.165) is 6.42 Å². The van der Waals surface area contributed by atoms with Gasteiger partial charge in [-0.05, 0) is 336 Å². The molecule has 78 heavy (non-hydrogen) atoms. The van der Waals surface area contributed by atoms with Gasteiger partial charge < -0.3 is 0 Å². The van der Waals surface area contributed by atoms with Crippen LogP contribution in [0.2, 0.25) is 0 Å². The van der Waals surface area contributed by atoms with E-state index in [1.165, 1.54) is 265 Å². The molecule has 0 saturated carbocycles. The van der Waals surface area contributed by atoms with Gasteiger partial charge in [-0.25, -0.2) is 0 Å². The second-order valence-electron chi connectivity index (χ2n) is 25.6. The van der Waals surface area contributed by atoms with Crippen LogP contribution in [0.3, 0.4) is 0 Å². The van der Waals surface area contributed by atoms with Crippen LogP contribution < -0.4 is 0 Å². The first-order chi connectivity index (χ1) is 38.8. The van der Waals surface area contributed by atoms with Crippen LogP contribution in [0.4, 0.5) is 0 Å². The summed E-state index contributed by atoms with van der Waals surface area (Å²) < 4.78 is 0. The molecule has 0 N–H and O–H groups in total.